The normalized spacial score (nSPS) is 19.2. The molecule has 8 heteroatoms. The van der Waals surface area contributed by atoms with Gasteiger partial charge < -0.3 is 5.32 Å². The molecule has 0 amide bonds. The highest BCUT2D eigenvalue weighted by Crippen LogP contribution is 2.13. The van der Waals surface area contributed by atoms with Gasteiger partial charge in [0.15, 0.2) is 0 Å². The second-order valence-electron chi connectivity index (χ2n) is 4.70. The maximum Gasteiger partial charge on any atom is 0.211 e. The lowest BCUT2D eigenvalue weighted by Gasteiger charge is -2.30. The van der Waals surface area contributed by atoms with Crippen LogP contribution < -0.4 is 5.32 Å². The first-order valence-corrected chi connectivity index (χ1v) is 7.83. The molecule has 0 atom stereocenters. The summed E-state index contributed by atoms with van der Waals surface area (Å²) in [5.74, 6) is 0. The maximum absolute atomic E-state index is 11.4. The Bertz CT molecular complexity index is 490. The van der Waals surface area contributed by atoms with Crippen LogP contribution in [0, 0.1) is 0 Å². The molecule has 0 unspecified atom stereocenters. The van der Waals surface area contributed by atoms with Crippen molar-refractivity contribution in [1.29, 1.82) is 0 Å². The molecule has 0 bridgehead atoms. The monoisotopic (exact) mass is 273 g/mol. The first kappa shape index (κ1) is 13.4. The molecule has 1 fully saturated rings. The number of aromatic nitrogens is 3. The molecule has 0 spiro atoms. The van der Waals surface area contributed by atoms with Crippen LogP contribution in [-0.2, 0) is 23.6 Å². The highest BCUT2D eigenvalue weighted by molar-refractivity contribution is 7.88. The van der Waals surface area contributed by atoms with Gasteiger partial charge in [-0.05, 0) is 12.8 Å². The zero-order valence-electron chi connectivity index (χ0n) is 10.7. The quantitative estimate of drug-likeness (QED) is 0.787. The summed E-state index contributed by atoms with van der Waals surface area (Å²) in [6.45, 7) is 1.87. The first-order chi connectivity index (χ1) is 8.45. The van der Waals surface area contributed by atoms with Gasteiger partial charge in [-0.25, -0.2) is 12.7 Å². The van der Waals surface area contributed by atoms with Crippen molar-refractivity contribution >= 4 is 10.0 Å². The van der Waals surface area contributed by atoms with Crippen molar-refractivity contribution < 1.29 is 8.42 Å². The van der Waals surface area contributed by atoms with E-state index >= 15 is 0 Å². The van der Waals surface area contributed by atoms with Gasteiger partial charge in [-0.3, -0.25) is 4.68 Å². The molecule has 2 rings (SSSR count). The number of aryl methyl sites for hydroxylation is 1. The Balaban J connectivity index is 1.77. The van der Waals surface area contributed by atoms with Crippen LogP contribution in [0.2, 0.25) is 0 Å². The maximum atomic E-state index is 11.4. The predicted octanol–water partition coefficient (Wildman–Crippen LogP) is -0.671. The highest BCUT2D eigenvalue weighted by atomic mass is 32.2. The Morgan fingerprint density at radius 3 is 2.61 bits per heavy atom. The van der Waals surface area contributed by atoms with Gasteiger partial charge in [0.1, 0.15) is 0 Å². The molecule has 2 heterocycles. The lowest BCUT2D eigenvalue weighted by molar-refractivity contribution is 0.289. The number of hydrogen-bond acceptors (Lipinski definition) is 5. The molecular formula is C10H19N5O2S. The van der Waals surface area contributed by atoms with Crippen molar-refractivity contribution in [1.82, 2.24) is 24.6 Å². The first-order valence-electron chi connectivity index (χ1n) is 5.99. The van der Waals surface area contributed by atoms with Crippen molar-refractivity contribution in [3.63, 3.8) is 0 Å². The Hall–Kier alpha value is -0.990. The third-order valence-corrected chi connectivity index (χ3v) is 4.45. The lowest BCUT2D eigenvalue weighted by atomic mass is 10.1. The minimum Gasteiger partial charge on any atom is -0.308 e. The molecular weight excluding hydrogens is 254 g/mol. The lowest BCUT2D eigenvalue weighted by Crippen LogP contribution is -2.44. The van der Waals surface area contributed by atoms with Crippen LogP contribution in [0.3, 0.4) is 0 Å². The summed E-state index contributed by atoms with van der Waals surface area (Å²) >= 11 is 0. The fourth-order valence-electron chi connectivity index (χ4n) is 2.12. The van der Waals surface area contributed by atoms with Crippen LogP contribution >= 0.6 is 0 Å². The highest BCUT2D eigenvalue weighted by Gasteiger charge is 2.24. The van der Waals surface area contributed by atoms with Gasteiger partial charge in [-0.15, -0.1) is 5.10 Å². The van der Waals surface area contributed by atoms with Gasteiger partial charge in [0, 0.05) is 38.9 Å². The molecule has 1 N–H and O–H groups in total. The number of sulfonamides is 1. The molecule has 18 heavy (non-hydrogen) atoms. The average molecular weight is 273 g/mol. The smallest absolute Gasteiger partial charge is 0.211 e. The molecule has 1 aromatic heterocycles. The Kier molecular flexibility index (Phi) is 3.98. The van der Waals surface area contributed by atoms with E-state index in [1.54, 1.807) is 4.68 Å². The fourth-order valence-corrected chi connectivity index (χ4v) is 2.99. The van der Waals surface area contributed by atoms with Gasteiger partial charge in [0.25, 0.3) is 0 Å². The standard InChI is InChI=1S/C10H19N5O2S/c1-14-8-10(12-13-14)7-11-9-3-5-15(6-4-9)18(2,16)17/h8-9,11H,3-7H2,1-2H3. The van der Waals surface area contributed by atoms with Crippen molar-refractivity contribution in [2.75, 3.05) is 19.3 Å². The molecule has 1 aliphatic heterocycles. The Morgan fingerprint density at radius 1 is 1.44 bits per heavy atom. The van der Waals surface area contributed by atoms with E-state index in [1.165, 1.54) is 10.6 Å². The van der Waals surface area contributed by atoms with Gasteiger partial charge in [-0.2, -0.15) is 0 Å². The molecule has 1 aromatic rings. The Morgan fingerprint density at radius 2 is 2.11 bits per heavy atom. The minimum absolute atomic E-state index is 0.352. The number of hydrogen-bond donors (Lipinski definition) is 1. The largest absolute Gasteiger partial charge is 0.308 e. The van der Waals surface area contributed by atoms with Crippen molar-refractivity contribution in [2.24, 2.45) is 7.05 Å². The number of nitrogens with one attached hydrogen (secondary N) is 1. The van der Waals surface area contributed by atoms with Crippen LogP contribution in [0.1, 0.15) is 18.5 Å². The van der Waals surface area contributed by atoms with E-state index in [0.29, 0.717) is 25.7 Å². The van der Waals surface area contributed by atoms with E-state index < -0.39 is 10.0 Å². The third-order valence-electron chi connectivity index (χ3n) is 3.14. The second-order valence-corrected chi connectivity index (χ2v) is 6.68. The van der Waals surface area contributed by atoms with E-state index in [4.69, 9.17) is 0 Å². The summed E-state index contributed by atoms with van der Waals surface area (Å²) in [7, 11) is -1.20. The zero-order valence-corrected chi connectivity index (χ0v) is 11.5. The number of nitrogens with zero attached hydrogens (tertiary/aromatic N) is 4. The summed E-state index contributed by atoms with van der Waals surface area (Å²) in [5, 5.41) is 11.2. The summed E-state index contributed by atoms with van der Waals surface area (Å²) in [6, 6.07) is 0.352. The molecule has 0 saturated carbocycles. The topological polar surface area (TPSA) is 80.1 Å². The van der Waals surface area contributed by atoms with E-state index in [0.717, 1.165) is 18.5 Å². The van der Waals surface area contributed by atoms with Crippen LogP contribution in [0.5, 0.6) is 0 Å². The average Bonchev–Trinajstić information content (AvgIpc) is 2.72. The summed E-state index contributed by atoms with van der Waals surface area (Å²) in [5.41, 5.74) is 0.906. The molecule has 7 nitrogen and oxygen atoms in total. The summed E-state index contributed by atoms with van der Waals surface area (Å²) < 4.78 is 25.9. The second kappa shape index (κ2) is 5.33. The van der Waals surface area contributed by atoms with E-state index in [9.17, 15) is 8.42 Å². The SMILES string of the molecule is Cn1cc(CNC2CCN(S(C)(=O)=O)CC2)nn1. The van der Waals surface area contributed by atoms with Crippen molar-refractivity contribution in [3.8, 4) is 0 Å². The summed E-state index contributed by atoms with van der Waals surface area (Å²) in [4.78, 5) is 0. The zero-order chi connectivity index (χ0) is 13.2. The molecule has 1 saturated heterocycles. The Labute approximate surface area is 107 Å². The van der Waals surface area contributed by atoms with Crippen LogP contribution in [0.4, 0.5) is 0 Å². The van der Waals surface area contributed by atoms with E-state index in [-0.39, 0.29) is 0 Å². The molecule has 0 radical (unpaired) electrons. The van der Waals surface area contributed by atoms with E-state index in [1.807, 2.05) is 13.2 Å². The minimum atomic E-state index is -3.03. The fraction of sp³-hybridized carbons (Fsp3) is 0.800. The predicted molar refractivity (Wildman–Crippen MR) is 67.3 cm³/mol. The van der Waals surface area contributed by atoms with Gasteiger partial charge >= 0.3 is 0 Å². The van der Waals surface area contributed by atoms with Gasteiger partial charge in [-0.1, -0.05) is 5.21 Å². The molecule has 0 aliphatic carbocycles. The summed E-state index contributed by atoms with van der Waals surface area (Å²) in [6.07, 6.45) is 4.82. The third kappa shape index (κ3) is 3.50. The van der Waals surface area contributed by atoms with Gasteiger partial charge in [0.05, 0.1) is 11.9 Å². The van der Waals surface area contributed by atoms with E-state index in [2.05, 4.69) is 15.6 Å². The molecule has 102 valence electrons. The van der Waals surface area contributed by atoms with Gasteiger partial charge in [0.2, 0.25) is 10.0 Å². The van der Waals surface area contributed by atoms with Crippen molar-refractivity contribution in [2.45, 2.75) is 25.4 Å². The molecule has 1 aliphatic rings. The van der Waals surface area contributed by atoms with Crippen LogP contribution in [0.25, 0.3) is 0 Å². The number of piperidine rings is 1. The van der Waals surface area contributed by atoms with Crippen LogP contribution in [-0.4, -0.2) is 53.1 Å². The number of rotatable bonds is 4. The molecule has 0 aromatic carbocycles. The van der Waals surface area contributed by atoms with Crippen LogP contribution in [0.15, 0.2) is 6.20 Å². The van der Waals surface area contributed by atoms with Crippen molar-refractivity contribution in [3.05, 3.63) is 11.9 Å².